The van der Waals surface area contributed by atoms with Gasteiger partial charge >= 0.3 is 0 Å². The van der Waals surface area contributed by atoms with E-state index in [0.717, 1.165) is 21.5 Å². The van der Waals surface area contributed by atoms with Crippen molar-refractivity contribution in [2.75, 3.05) is 4.90 Å². The van der Waals surface area contributed by atoms with Crippen LogP contribution >= 0.6 is 11.3 Å². The van der Waals surface area contributed by atoms with Gasteiger partial charge in [-0.05, 0) is 48.9 Å². The molecule has 6 heteroatoms. The first kappa shape index (κ1) is 15.5. The molecule has 0 atom stereocenters. The van der Waals surface area contributed by atoms with Crippen molar-refractivity contribution in [2.45, 2.75) is 13.5 Å². The molecule has 4 aromatic rings. The zero-order valence-electron chi connectivity index (χ0n) is 13.5. The van der Waals surface area contributed by atoms with Gasteiger partial charge in [0.05, 0.1) is 28.7 Å². The number of thiazole rings is 1. The molecule has 0 spiro atoms. The first-order valence-corrected chi connectivity index (χ1v) is 8.65. The third-order valence-electron chi connectivity index (χ3n) is 3.79. The van der Waals surface area contributed by atoms with Gasteiger partial charge in [-0.25, -0.2) is 4.98 Å². The van der Waals surface area contributed by atoms with Crippen LogP contribution in [0.5, 0.6) is 0 Å². The van der Waals surface area contributed by atoms with Crippen LogP contribution in [-0.2, 0) is 6.54 Å². The zero-order valence-corrected chi connectivity index (χ0v) is 14.4. The average Bonchev–Trinajstić information content (AvgIpc) is 3.29. The lowest BCUT2D eigenvalue weighted by molar-refractivity contribution is 0.0958. The molecule has 124 valence electrons. The Kier molecular flexibility index (Phi) is 4.03. The number of carbonyl (C=O) groups is 1. The fourth-order valence-corrected chi connectivity index (χ4v) is 3.61. The monoisotopic (exact) mass is 349 g/mol. The van der Waals surface area contributed by atoms with E-state index < -0.39 is 0 Å². The normalized spacial score (nSPS) is 10.9. The number of fused-ring (bicyclic) bond motifs is 1. The first-order valence-electron chi connectivity index (χ1n) is 7.83. The lowest BCUT2D eigenvalue weighted by atomic mass is 10.2. The van der Waals surface area contributed by atoms with Crippen molar-refractivity contribution < 1.29 is 9.21 Å². The number of hydrogen-bond donors (Lipinski definition) is 0. The van der Waals surface area contributed by atoms with E-state index in [0.29, 0.717) is 11.7 Å². The number of carbonyl (C=O) groups excluding carboxylic acids is 1. The molecular formula is C19H15N3O2S. The number of pyridine rings is 1. The van der Waals surface area contributed by atoms with E-state index in [9.17, 15) is 4.79 Å². The number of benzene rings is 1. The van der Waals surface area contributed by atoms with Crippen LogP contribution in [0.15, 0.2) is 65.4 Å². The minimum absolute atomic E-state index is 0.230. The van der Waals surface area contributed by atoms with Crippen molar-refractivity contribution >= 4 is 32.6 Å². The summed E-state index contributed by atoms with van der Waals surface area (Å²) >= 11 is 1.49. The Morgan fingerprint density at radius 1 is 1.20 bits per heavy atom. The maximum atomic E-state index is 12.9. The number of amides is 1. The minimum atomic E-state index is -0.230. The van der Waals surface area contributed by atoms with Crippen LogP contribution < -0.4 is 4.90 Å². The number of hydrogen-bond acceptors (Lipinski definition) is 5. The summed E-state index contributed by atoms with van der Waals surface area (Å²) in [4.78, 5) is 23.5. The van der Waals surface area contributed by atoms with E-state index in [-0.39, 0.29) is 11.7 Å². The first-order chi connectivity index (χ1) is 12.2. The van der Waals surface area contributed by atoms with Gasteiger partial charge in [0.2, 0.25) is 0 Å². The van der Waals surface area contributed by atoms with Crippen molar-refractivity contribution in [3.05, 3.63) is 78.0 Å². The number of furan rings is 1. The highest BCUT2D eigenvalue weighted by Gasteiger charge is 2.24. The molecule has 0 saturated carbocycles. The Morgan fingerprint density at radius 2 is 2.12 bits per heavy atom. The maximum Gasteiger partial charge on any atom is 0.296 e. The summed E-state index contributed by atoms with van der Waals surface area (Å²) in [7, 11) is 0. The summed E-state index contributed by atoms with van der Waals surface area (Å²) < 4.78 is 6.34. The Labute approximate surface area is 148 Å². The van der Waals surface area contributed by atoms with E-state index in [1.165, 1.54) is 17.6 Å². The Morgan fingerprint density at radius 3 is 2.88 bits per heavy atom. The summed E-state index contributed by atoms with van der Waals surface area (Å²) in [6, 6.07) is 15.1. The molecule has 3 aromatic heterocycles. The topological polar surface area (TPSA) is 59.2 Å². The molecule has 0 aliphatic carbocycles. The highest BCUT2D eigenvalue weighted by atomic mass is 32.1. The SMILES string of the molecule is Cc1ccc2nc(N(Cc3ccccn3)C(=O)c3ccco3)sc2c1. The smallest absolute Gasteiger partial charge is 0.296 e. The molecule has 1 amide bonds. The zero-order chi connectivity index (χ0) is 17.2. The molecule has 0 aliphatic rings. The summed E-state index contributed by atoms with van der Waals surface area (Å²) in [6.45, 7) is 2.37. The molecule has 0 unspecified atom stereocenters. The molecule has 0 saturated heterocycles. The van der Waals surface area contributed by atoms with E-state index in [4.69, 9.17) is 4.42 Å². The summed E-state index contributed by atoms with van der Waals surface area (Å²) in [5.74, 6) is 0.0535. The highest BCUT2D eigenvalue weighted by Crippen LogP contribution is 2.31. The summed E-state index contributed by atoms with van der Waals surface area (Å²) in [5, 5.41) is 0.632. The Hall–Kier alpha value is -2.99. The second kappa shape index (κ2) is 6.49. The van der Waals surface area contributed by atoms with Crippen LogP contribution in [0.1, 0.15) is 21.8 Å². The lowest BCUT2D eigenvalue weighted by Crippen LogP contribution is -2.30. The second-order valence-electron chi connectivity index (χ2n) is 5.66. The number of aryl methyl sites for hydroxylation is 1. The van der Waals surface area contributed by atoms with E-state index in [2.05, 4.69) is 16.0 Å². The van der Waals surface area contributed by atoms with Gasteiger partial charge in [0.25, 0.3) is 5.91 Å². The van der Waals surface area contributed by atoms with Crippen LogP contribution in [0, 0.1) is 6.92 Å². The third-order valence-corrected chi connectivity index (χ3v) is 4.83. The molecule has 0 fully saturated rings. The maximum absolute atomic E-state index is 12.9. The van der Waals surface area contributed by atoms with Crippen LogP contribution in [0.2, 0.25) is 0 Å². The average molecular weight is 349 g/mol. The summed E-state index contributed by atoms with van der Waals surface area (Å²) in [5.41, 5.74) is 2.83. The lowest BCUT2D eigenvalue weighted by Gasteiger charge is -2.18. The Balaban J connectivity index is 1.76. The van der Waals surface area contributed by atoms with Crippen LogP contribution in [-0.4, -0.2) is 15.9 Å². The summed E-state index contributed by atoms with van der Waals surface area (Å²) in [6.07, 6.45) is 3.21. The van der Waals surface area contributed by atoms with Crippen LogP contribution in [0.25, 0.3) is 10.2 Å². The fraction of sp³-hybridized carbons (Fsp3) is 0.105. The van der Waals surface area contributed by atoms with Gasteiger partial charge in [-0.15, -0.1) is 0 Å². The predicted octanol–water partition coefficient (Wildman–Crippen LogP) is 4.44. The molecule has 0 radical (unpaired) electrons. The van der Waals surface area contributed by atoms with Gasteiger partial charge in [0.1, 0.15) is 0 Å². The highest BCUT2D eigenvalue weighted by molar-refractivity contribution is 7.22. The second-order valence-corrected chi connectivity index (χ2v) is 6.67. The van der Waals surface area contributed by atoms with E-state index in [1.807, 2.05) is 37.3 Å². The quantitative estimate of drug-likeness (QED) is 0.546. The van der Waals surface area contributed by atoms with Crippen molar-refractivity contribution in [3.8, 4) is 0 Å². The number of aromatic nitrogens is 2. The number of rotatable bonds is 4. The van der Waals surface area contributed by atoms with Crippen molar-refractivity contribution in [2.24, 2.45) is 0 Å². The Bertz CT molecular complexity index is 1010. The number of nitrogens with zero attached hydrogens (tertiary/aromatic N) is 3. The largest absolute Gasteiger partial charge is 0.459 e. The van der Waals surface area contributed by atoms with Crippen molar-refractivity contribution in [3.63, 3.8) is 0 Å². The molecule has 4 rings (SSSR count). The molecule has 25 heavy (non-hydrogen) atoms. The van der Waals surface area contributed by atoms with Crippen molar-refractivity contribution in [1.82, 2.24) is 9.97 Å². The van der Waals surface area contributed by atoms with Gasteiger partial charge < -0.3 is 4.42 Å². The minimum Gasteiger partial charge on any atom is -0.459 e. The molecule has 1 aromatic carbocycles. The fourth-order valence-electron chi connectivity index (χ4n) is 2.55. The van der Waals surface area contributed by atoms with Gasteiger partial charge in [0, 0.05) is 6.20 Å². The molecule has 0 aliphatic heterocycles. The van der Waals surface area contributed by atoms with Gasteiger partial charge in [-0.1, -0.05) is 23.5 Å². The molecule has 5 nitrogen and oxygen atoms in total. The molecular weight excluding hydrogens is 334 g/mol. The number of anilines is 1. The molecule has 0 bridgehead atoms. The van der Waals surface area contributed by atoms with Gasteiger partial charge in [0.15, 0.2) is 10.9 Å². The molecule has 3 heterocycles. The van der Waals surface area contributed by atoms with E-state index in [1.54, 1.807) is 23.2 Å². The van der Waals surface area contributed by atoms with Crippen LogP contribution in [0.4, 0.5) is 5.13 Å². The van der Waals surface area contributed by atoms with Gasteiger partial charge in [-0.2, -0.15) is 0 Å². The standard InChI is InChI=1S/C19H15N3O2S/c1-13-7-8-15-17(11-13)25-19(21-15)22(12-14-5-2-3-9-20-14)18(23)16-6-4-10-24-16/h2-11H,12H2,1H3. The predicted molar refractivity (Wildman–Crippen MR) is 97.8 cm³/mol. The third kappa shape index (κ3) is 3.16. The van der Waals surface area contributed by atoms with E-state index >= 15 is 0 Å². The molecule has 0 N–H and O–H groups in total. The van der Waals surface area contributed by atoms with Crippen LogP contribution in [0.3, 0.4) is 0 Å². The van der Waals surface area contributed by atoms with Gasteiger partial charge in [-0.3, -0.25) is 14.7 Å². The van der Waals surface area contributed by atoms with Crippen molar-refractivity contribution in [1.29, 1.82) is 0 Å².